The van der Waals surface area contributed by atoms with Gasteiger partial charge in [0.2, 0.25) is 5.89 Å². The van der Waals surface area contributed by atoms with E-state index in [0.29, 0.717) is 25.5 Å². The molecule has 1 N–H and O–H groups in total. The van der Waals surface area contributed by atoms with Crippen molar-refractivity contribution in [1.29, 1.82) is 0 Å². The summed E-state index contributed by atoms with van der Waals surface area (Å²) in [6.07, 6.45) is 4.96. The Bertz CT molecular complexity index is 741. The Morgan fingerprint density at radius 2 is 2.15 bits per heavy atom. The Balaban J connectivity index is 1.40. The summed E-state index contributed by atoms with van der Waals surface area (Å²) in [5.74, 6) is 1.84. The second-order valence-corrected chi connectivity index (χ2v) is 6.81. The van der Waals surface area contributed by atoms with E-state index in [1.165, 1.54) is 25.0 Å². The van der Waals surface area contributed by atoms with E-state index in [1.54, 1.807) is 25.4 Å². The van der Waals surface area contributed by atoms with Gasteiger partial charge in [-0.3, -0.25) is 4.99 Å². The van der Waals surface area contributed by atoms with Crippen LogP contribution in [0.2, 0.25) is 0 Å². The van der Waals surface area contributed by atoms with E-state index in [0.717, 1.165) is 36.3 Å². The molecule has 6 nitrogen and oxygen atoms in total. The van der Waals surface area contributed by atoms with E-state index in [-0.39, 0.29) is 5.82 Å². The number of hydrogen-bond donors (Lipinski definition) is 1. The highest BCUT2D eigenvalue weighted by atomic mass is 19.1. The van der Waals surface area contributed by atoms with Crippen LogP contribution in [0.5, 0.6) is 0 Å². The van der Waals surface area contributed by atoms with Crippen molar-refractivity contribution >= 4 is 5.96 Å². The first-order valence-corrected chi connectivity index (χ1v) is 9.35. The summed E-state index contributed by atoms with van der Waals surface area (Å²) in [4.78, 5) is 10.8. The van der Waals surface area contributed by atoms with Gasteiger partial charge >= 0.3 is 0 Å². The Morgan fingerprint density at radius 1 is 1.37 bits per heavy atom. The quantitative estimate of drug-likeness (QED) is 0.415. The van der Waals surface area contributed by atoms with Crippen LogP contribution in [0.1, 0.15) is 18.5 Å². The van der Waals surface area contributed by atoms with E-state index in [4.69, 9.17) is 9.15 Å². The molecule has 1 heterocycles. The third-order valence-electron chi connectivity index (χ3n) is 4.50. The number of aromatic nitrogens is 1. The Labute approximate surface area is 159 Å². The lowest BCUT2D eigenvalue weighted by Crippen LogP contribution is -2.41. The molecule has 1 aromatic carbocycles. The molecule has 0 atom stereocenters. The van der Waals surface area contributed by atoms with Gasteiger partial charge in [-0.05, 0) is 43.0 Å². The highest BCUT2D eigenvalue weighted by Gasteiger charge is 2.21. The predicted molar refractivity (Wildman–Crippen MR) is 103 cm³/mol. The fourth-order valence-electron chi connectivity index (χ4n) is 2.68. The Kier molecular flexibility index (Phi) is 6.81. The lowest BCUT2D eigenvalue weighted by molar-refractivity contribution is 0.115. The summed E-state index contributed by atoms with van der Waals surface area (Å²) >= 11 is 0. The zero-order chi connectivity index (χ0) is 19.1. The number of aliphatic imine (C=N–C) groups is 1. The predicted octanol–water partition coefficient (Wildman–Crippen LogP) is 2.96. The minimum absolute atomic E-state index is 0.275. The number of nitrogens with zero attached hydrogens (tertiary/aromatic N) is 3. The van der Waals surface area contributed by atoms with E-state index in [1.807, 2.05) is 7.05 Å². The molecule has 1 aromatic heterocycles. The number of likely N-dealkylation sites (N-methyl/N-ethyl adjacent to an activating group) is 1. The molecule has 0 unspecified atom stereocenters. The fraction of sp³-hybridized carbons (Fsp3) is 0.500. The van der Waals surface area contributed by atoms with Gasteiger partial charge in [0.15, 0.2) is 5.96 Å². The molecule has 1 fully saturated rings. The fourth-order valence-corrected chi connectivity index (χ4v) is 2.68. The first-order chi connectivity index (χ1) is 13.2. The van der Waals surface area contributed by atoms with Crippen LogP contribution in [0.25, 0.3) is 11.5 Å². The third kappa shape index (κ3) is 6.06. The van der Waals surface area contributed by atoms with Crippen LogP contribution >= 0.6 is 0 Å². The van der Waals surface area contributed by atoms with Gasteiger partial charge < -0.3 is 19.4 Å². The molecule has 0 aliphatic heterocycles. The van der Waals surface area contributed by atoms with Crippen molar-refractivity contribution in [2.45, 2.75) is 19.3 Å². The van der Waals surface area contributed by atoms with Crippen LogP contribution in [0.3, 0.4) is 0 Å². The number of ether oxygens (including phenoxy) is 1. The van der Waals surface area contributed by atoms with Gasteiger partial charge in [-0.25, -0.2) is 9.37 Å². The maximum atomic E-state index is 13.0. The average Bonchev–Trinajstić information content (AvgIpc) is 3.39. The number of oxazole rings is 1. The molecule has 3 rings (SSSR count). The van der Waals surface area contributed by atoms with Crippen LogP contribution in [-0.4, -0.2) is 56.2 Å². The van der Waals surface area contributed by atoms with Crippen LogP contribution in [0, 0.1) is 11.7 Å². The number of nitrogens with one attached hydrogen (secondary N) is 1. The van der Waals surface area contributed by atoms with Crippen LogP contribution in [0.4, 0.5) is 4.39 Å². The second-order valence-electron chi connectivity index (χ2n) is 6.81. The van der Waals surface area contributed by atoms with Crippen molar-refractivity contribution in [2.24, 2.45) is 10.9 Å². The summed E-state index contributed by atoms with van der Waals surface area (Å²) in [7, 11) is 3.77. The summed E-state index contributed by atoms with van der Waals surface area (Å²) in [6, 6.07) is 6.11. The lowest BCUT2D eigenvalue weighted by atomic mass is 10.2. The maximum Gasteiger partial charge on any atom is 0.226 e. The van der Waals surface area contributed by atoms with Gasteiger partial charge in [0.25, 0.3) is 0 Å². The largest absolute Gasteiger partial charge is 0.444 e. The van der Waals surface area contributed by atoms with Gasteiger partial charge in [0.1, 0.15) is 12.1 Å². The van der Waals surface area contributed by atoms with Gasteiger partial charge in [-0.15, -0.1) is 0 Å². The van der Waals surface area contributed by atoms with Crippen molar-refractivity contribution in [2.75, 3.05) is 40.4 Å². The number of halogens is 1. The zero-order valence-corrected chi connectivity index (χ0v) is 15.9. The molecule has 2 aromatic rings. The number of guanidine groups is 1. The molecule has 0 saturated heterocycles. The maximum absolute atomic E-state index is 13.0. The molecule has 0 spiro atoms. The standard InChI is InChI=1S/C20H27FN4O2/c1-22-20(25(2)11-12-26-13-15-3-4-15)23-10-9-18-14-27-19(24-18)16-5-7-17(21)8-6-16/h5-8,14-15H,3-4,9-13H2,1-2H3,(H,22,23). The SMILES string of the molecule is CN=C(NCCc1coc(-c2ccc(F)cc2)n1)N(C)CCOCC1CC1. The number of benzene rings is 1. The Morgan fingerprint density at radius 3 is 2.85 bits per heavy atom. The van der Waals surface area contributed by atoms with Crippen molar-refractivity contribution < 1.29 is 13.5 Å². The molecule has 7 heteroatoms. The van der Waals surface area contributed by atoms with E-state index in [2.05, 4.69) is 20.2 Å². The smallest absolute Gasteiger partial charge is 0.226 e. The van der Waals surface area contributed by atoms with Crippen molar-refractivity contribution in [3.8, 4) is 11.5 Å². The highest BCUT2D eigenvalue weighted by Crippen LogP contribution is 2.28. The molecular formula is C20H27FN4O2. The molecule has 146 valence electrons. The zero-order valence-electron chi connectivity index (χ0n) is 15.9. The molecular weight excluding hydrogens is 347 g/mol. The van der Waals surface area contributed by atoms with Gasteiger partial charge in [0, 0.05) is 45.8 Å². The first kappa shape index (κ1) is 19.4. The second kappa shape index (κ2) is 9.50. The van der Waals surface area contributed by atoms with E-state index in [9.17, 15) is 4.39 Å². The highest BCUT2D eigenvalue weighted by molar-refractivity contribution is 5.79. The molecule has 1 aliphatic rings. The summed E-state index contributed by atoms with van der Waals surface area (Å²) in [5, 5.41) is 3.33. The van der Waals surface area contributed by atoms with E-state index < -0.39 is 0 Å². The van der Waals surface area contributed by atoms with Crippen molar-refractivity contribution in [1.82, 2.24) is 15.2 Å². The summed E-state index contributed by atoms with van der Waals surface area (Å²) in [5.41, 5.74) is 1.60. The van der Waals surface area contributed by atoms with Crippen LogP contribution in [-0.2, 0) is 11.2 Å². The molecule has 1 aliphatic carbocycles. The monoisotopic (exact) mass is 374 g/mol. The Hall–Kier alpha value is -2.41. The minimum atomic E-state index is -0.275. The summed E-state index contributed by atoms with van der Waals surface area (Å²) < 4.78 is 24.2. The van der Waals surface area contributed by atoms with E-state index >= 15 is 0 Å². The van der Waals surface area contributed by atoms with Gasteiger partial charge in [-0.1, -0.05) is 0 Å². The topological polar surface area (TPSA) is 62.9 Å². The van der Waals surface area contributed by atoms with Gasteiger partial charge in [-0.2, -0.15) is 0 Å². The molecule has 0 bridgehead atoms. The first-order valence-electron chi connectivity index (χ1n) is 9.35. The average molecular weight is 374 g/mol. The number of rotatable bonds is 9. The summed E-state index contributed by atoms with van der Waals surface area (Å²) in [6.45, 7) is 3.07. The third-order valence-corrected chi connectivity index (χ3v) is 4.50. The number of hydrogen-bond acceptors (Lipinski definition) is 4. The van der Waals surface area contributed by atoms with Crippen molar-refractivity contribution in [3.05, 3.63) is 42.0 Å². The van der Waals surface area contributed by atoms with Crippen molar-refractivity contribution in [3.63, 3.8) is 0 Å². The van der Waals surface area contributed by atoms with Crippen LogP contribution in [0.15, 0.2) is 39.9 Å². The molecule has 27 heavy (non-hydrogen) atoms. The van der Waals surface area contributed by atoms with Crippen LogP contribution < -0.4 is 5.32 Å². The molecule has 0 amide bonds. The normalized spacial score (nSPS) is 14.4. The van der Waals surface area contributed by atoms with Gasteiger partial charge in [0.05, 0.1) is 12.3 Å². The lowest BCUT2D eigenvalue weighted by Gasteiger charge is -2.21. The molecule has 0 radical (unpaired) electrons. The molecule has 1 saturated carbocycles. The minimum Gasteiger partial charge on any atom is -0.444 e.